The molecule has 1 saturated heterocycles. The molecule has 0 spiro atoms. The molecule has 2 rings (SSSR count). The van der Waals surface area contributed by atoms with Gasteiger partial charge in [0.05, 0.1) is 15.5 Å². The molecule has 1 unspecified atom stereocenters. The summed E-state index contributed by atoms with van der Waals surface area (Å²) in [4.78, 5) is 26.7. The molecule has 1 amide bonds. The fourth-order valence-corrected chi connectivity index (χ4v) is 3.54. The predicted molar refractivity (Wildman–Crippen MR) is 96.1 cm³/mol. The molecule has 1 aliphatic heterocycles. The number of halogens is 3. The zero-order chi connectivity index (χ0) is 17.9. The molecule has 0 N–H and O–H groups in total. The van der Waals surface area contributed by atoms with Gasteiger partial charge in [0.25, 0.3) is 0 Å². The number of benzene rings is 1. The molecular weight excluding hydrogens is 373 g/mol. The molecule has 7 heteroatoms. The highest BCUT2D eigenvalue weighted by atomic mass is 35.5. The van der Waals surface area contributed by atoms with Gasteiger partial charge in [-0.1, -0.05) is 48.1 Å². The summed E-state index contributed by atoms with van der Waals surface area (Å²) in [7, 11) is 0. The van der Waals surface area contributed by atoms with Gasteiger partial charge in [-0.15, -0.1) is 0 Å². The summed E-state index contributed by atoms with van der Waals surface area (Å²) < 4.78 is 5.03. The average Bonchev–Trinajstić information content (AvgIpc) is 2.94. The second-order valence-corrected chi connectivity index (χ2v) is 7.52. The number of alkyl halides is 1. The smallest absolute Gasteiger partial charge is 0.411 e. The Bertz CT molecular complexity index is 636. The van der Waals surface area contributed by atoms with Gasteiger partial charge in [0.15, 0.2) is 11.3 Å². The molecule has 4 nitrogen and oxygen atoms in total. The van der Waals surface area contributed by atoms with Crippen LogP contribution in [0.4, 0.5) is 4.79 Å². The Balaban J connectivity index is 2.23. The normalized spacial score (nSPS) is 21.6. The van der Waals surface area contributed by atoms with Crippen LogP contribution >= 0.6 is 34.8 Å². The van der Waals surface area contributed by atoms with Crippen LogP contribution in [0, 0.1) is 5.41 Å². The number of likely N-dealkylation sites (tertiary alicyclic amines) is 1. The van der Waals surface area contributed by atoms with Crippen LogP contribution in [-0.4, -0.2) is 35.4 Å². The van der Waals surface area contributed by atoms with Gasteiger partial charge in [-0.2, -0.15) is 0 Å². The van der Waals surface area contributed by atoms with Gasteiger partial charge in [-0.05, 0) is 38.0 Å². The molecule has 0 bridgehead atoms. The number of nitrogens with zero attached hydrogens (tertiary/aromatic N) is 1. The Kier molecular flexibility index (Phi) is 6.40. The van der Waals surface area contributed by atoms with Crippen LogP contribution in [0.2, 0.25) is 10.0 Å². The number of rotatable bonds is 5. The number of carbonyl (C=O) groups excluding carboxylic acids is 2. The third-order valence-electron chi connectivity index (χ3n) is 4.27. The largest absolute Gasteiger partial charge is 0.430 e. The highest BCUT2D eigenvalue weighted by molar-refractivity contribution is 6.42. The number of hydrogen-bond donors (Lipinski definition) is 0. The third kappa shape index (κ3) is 4.16. The summed E-state index contributed by atoms with van der Waals surface area (Å²) in [6.45, 7) is 4.39. The summed E-state index contributed by atoms with van der Waals surface area (Å²) in [6, 6.07) is 4.88. The summed E-state index contributed by atoms with van der Waals surface area (Å²) in [5.74, 6) is -0.0165. The van der Waals surface area contributed by atoms with Crippen molar-refractivity contribution in [1.29, 1.82) is 0 Å². The van der Waals surface area contributed by atoms with Crippen molar-refractivity contribution < 1.29 is 14.3 Å². The molecule has 0 aliphatic carbocycles. The van der Waals surface area contributed by atoms with Gasteiger partial charge in [-0.25, -0.2) is 4.79 Å². The van der Waals surface area contributed by atoms with Crippen LogP contribution < -0.4 is 0 Å². The minimum absolute atomic E-state index is 0.0165. The van der Waals surface area contributed by atoms with E-state index in [4.69, 9.17) is 39.5 Å². The van der Waals surface area contributed by atoms with E-state index in [2.05, 4.69) is 0 Å². The van der Waals surface area contributed by atoms with Crippen molar-refractivity contribution in [2.45, 2.75) is 38.7 Å². The molecule has 1 fully saturated rings. The van der Waals surface area contributed by atoms with Gasteiger partial charge in [0, 0.05) is 18.7 Å². The van der Waals surface area contributed by atoms with Crippen LogP contribution in [0.25, 0.3) is 0 Å². The molecule has 0 saturated carbocycles. The van der Waals surface area contributed by atoms with Gasteiger partial charge in [0.1, 0.15) is 0 Å². The lowest BCUT2D eigenvalue weighted by atomic mass is 9.76. The van der Waals surface area contributed by atoms with E-state index < -0.39 is 17.1 Å². The number of amides is 1. The Hall–Kier alpha value is -0.970. The number of carbonyl (C=O) groups is 2. The maximum absolute atomic E-state index is 13.1. The van der Waals surface area contributed by atoms with Crippen LogP contribution in [0.15, 0.2) is 18.2 Å². The maximum Gasteiger partial charge on any atom is 0.411 e. The molecular formula is C17H20Cl3NO3. The molecule has 0 radical (unpaired) electrons. The number of ether oxygens (including phenoxy) is 1. The van der Waals surface area contributed by atoms with E-state index in [0.29, 0.717) is 41.5 Å². The van der Waals surface area contributed by atoms with E-state index in [-0.39, 0.29) is 5.78 Å². The molecule has 2 atom stereocenters. The lowest BCUT2D eigenvalue weighted by Gasteiger charge is -2.27. The number of ketones is 1. The SMILES string of the molecule is CCC[C@]1(C(=O)c2ccc(Cl)c(Cl)c2)CCN(C(=O)OC(C)Cl)C1. The van der Waals surface area contributed by atoms with E-state index in [1.54, 1.807) is 30.0 Å². The lowest BCUT2D eigenvalue weighted by Crippen LogP contribution is -2.37. The molecule has 132 valence electrons. The van der Waals surface area contributed by atoms with Crippen molar-refractivity contribution in [3.05, 3.63) is 33.8 Å². The first kappa shape index (κ1) is 19.4. The fourth-order valence-electron chi connectivity index (χ4n) is 3.17. The van der Waals surface area contributed by atoms with E-state index in [9.17, 15) is 9.59 Å². The monoisotopic (exact) mass is 391 g/mol. The van der Waals surface area contributed by atoms with Crippen molar-refractivity contribution in [2.24, 2.45) is 5.41 Å². The fraction of sp³-hybridized carbons (Fsp3) is 0.529. The highest BCUT2D eigenvalue weighted by Gasteiger charge is 2.46. The zero-order valence-corrected chi connectivity index (χ0v) is 15.9. The van der Waals surface area contributed by atoms with E-state index in [1.807, 2.05) is 6.92 Å². The van der Waals surface area contributed by atoms with Gasteiger partial charge in [-0.3, -0.25) is 4.79 Å². The summed E-state index contributed by atoms with van der Waals surface area (Å²) in [6.07, 6.45) is 1.62. The van der Waals surface area contributed by atoms with E-state index in [0.717, 1.165) is 6.42 Å². The minimum Gasteiger partial charge on any atom is -0.430 e. The van der Waals surface area contributed by atoms with Crippen molar-refractivity contribution >= 4 is 46.7 Å². The van der Waals surface area contributed by atoms with Crippen LogP contribution in [0.5, 0.6) is 0 Å². The molecule has 1 aliphatic rings. The molecule has 1 aromatic rings. The minimum atomic E-state index is -0.704. The predicted octanol–water partition coefficient (Wildman–Crippen LogP) is 5.39. The second kappa shape index (κ2) is 7.94. The quantitative estimate of drug-likeness (QED) is 0.498. The van der Waals surface area contributed by atoms with Crippen molar-refractivity contribution in [3.8, 4) is 0 Å². The maximum atomic E-state index is 13.1. The Morgan fingerprint density at radius 2 is 2.04 bits per heavy atom. The van der Waals surface area contributed by atoms with Gasteiger partial charge in [0.2, 0.25) is 0 Å². The second-order valence-electron chi connectivity index (χ2n) is 6.09. The molecule has 24 heavy (non-hydrogen) atoms. The first-order valence-electron chi connectivity index (χ1n) is 7.88. The van der Waals surface area contributed by atoms with Gasteiger partial charge < -0.3 is 9.64 Å². The summed E-state index contributed by atoms with van der Waals surface area (Å²) in [5.41, 5.74) is -0.816. The third-order valence-corrected chi connectivity index (χ3v) is 5.10. The zero-order valence-electron chi connectivity index (χ0n) is 13.7. The molecule has 1 heterocycles. The van der Waals surface area contributed by atoms with Crippen molar-refractivity contribution in [3.63, 3.8) is 0 Å². The Morgan fingerprint density at radius 3 is 2.62 bits per heavy atom. The summed E-state index contributed by atoms with van der Waals surface area (Å²) >= 11 is 17.7. The van der Waals surface area contributed by atoms with E-state index >= 15 is 0 Å². The average molecular weight is 393 g/mol. The highest BCUT2D eigenvalue weighted by Crippen LogP contribution is 2.39. The number of hydrogen-bond acceptors (Lipinski definition) is 3. The number of Topliss-reactive ketones (excluding diaryl/α,β-unsaturated/α-hetero) is 1. The standard InChI is InChI=1S/C17H20Cl3NO3/c1-3-6-17(7-8-21(10-17)16(23)24-11(2)18)15(22)12-4-5-13(19)14(20)9-12/h4-5,9,11H,3,6-8,10H2,1-2H3/t11?,17-/m0/s1. The van der Waals surface area contributed by atoms with Crippen LogP contribution in [-0.2, 0) is 4.74 Å². The first-order chi connectivity index (χ1) is 11.3. The van der Waals surface area contributed by atoms with Gasteiger partial charge >= 0.3 is 6.09 Å². The van der Waals surface area contributed by atoms with Crippen molar-refractivity contribution in [2.75, 3.05) is 13.1 Å². The molecule has 1 aromatic carbocycles. The topological polar surface area (TPSA) is 46.6 Å². The van der Waals surface area contributed by atoms with Crippen LogP contribution in [0.1, 0.15) is 43.5 Å². The lowest BCUT2D eigenvalue weighted by molar-refractivity contribution is 0.0756. The molecule has 0 aromatic heterocycles. The first-order valence-corrected chi connectivity index (χ1v) is 9.08. The Labute approximate surface area is 157 Å². The van der Waals surface area contributed by atoms with Crippen molar-refractivity contribution in [1.82, 2.24) is 4.90 Å². The van der Waals surface area contributed by atoms with Crippen LogP contribution in [0.3, 0.4) is 0 Å². The van der Waals surface area contributed by atoms with E-state index in [1.165, 1.54) is 0 Å². The Morgan fingerprint density at radius 1 is 1.33 bits per heavy atom. The summed E-state index contributed by atoms with van der Waals surface area (Å²) in [5, 5.41) is 0.755.